The van der Waals surface area contributed by atoms with Gasteiger partial charge in [-0.1, -0.05) is 6.92 Å². The smallest absolute Gasteiger partial charge is 0.158 e. The van der Waals surface area contributed by atoms with Gasteiger partial charge in [0.15, 0.2) is 11.5 Å². The van der Waals surface area contributed by atoms with E-state index in [-0.39, 0.29) is 11.5 Å². The number of benzene rings is 1. The summed E-state index contributed by atoms with van der Waals surface area (Å²) in [5.41, 5.74) is 0. The third kappa shape index (κ3) is 3.87. The number of hydrogen-bond acceptors (Lipinski definition) is 4. The van der Waals surface area contributed by atoms with Crippen LogP contribution in [-0.4, -0.2) is 55.8 Å². The number of hydrogen-bond donors (Lipinski definition) is 2. The molecular formula is C17H26N2O3S. The second-order valence-corrected chi connectivity index (χ2v) is 8.26. The van der Waals surface area contributed by atoms with Crippen LogP contribution in [0, 0.1) is 5.92 Å². The molecule has 0 radical (unpaired) electrons. The van der Waals surface area contributed by atoms with Crippen molar-refractivity contribution in [3.63, 3.8) is 0 Å². The lowest BCUT2D eigenvalue weighted by molar-refractivity contribution is 0.102. The first-order valence-corrected chi connectivity index (χ1v) is 9.58. The summed E-state index contributed by atoms with van der Waals surface area (Å²) in [6.07, 6.45) is 4.67. The van der Waals surface area contributed by atoms with Crippen molar-refractivity contribution in [2.24, 2.45) is 5.92 Å². The first-order chi connectivity index (χ1) is 11.0. The van der Waals surface area contributed by atoms with Gasteiger partial charge in [-0.3, -0.25) is 0 Å². The van der Waals surface area contributed by atoms with Crippen molar-refractivity contribution in [3.05, 3.63) is 18.2 Å². The molecule has 6 heteroatoms. The average Bonchev–Trinajstić information content (AvgIpc) is 2.57. The molecule has 1 atom stereocenters. The van der Waals surface area contributed by atoms with E-state index in [1.165, 1.54) is 38.1 Å². The number of phenols is 2. The van der Waals surface area contributed by atoms with Gasteiger partial charge in [-0.05, 0) is 56.8 Å². The minimum atomic E-state index is -1.27. The maximum atomic E-state index is 12.6. The molecule has 0 bridgehead atoms. The number of rotatable bonds is 3. The van der Waals surface area contributed by atoms with Crippen LogP contribution in [0.2, 0.25) is 0 Å². The molecule has 0 aromatic heterocycles. The molecule has 0 spiro atoms. The van der Waals surface area contributed by atoms with Gasteiger partial charge in [0, 0.05) is 25.2 Å². The van der Waals surface area contributed by atoms with E-state index in [1.807, 2.05) is 4.31 Å². The molecule has 2 heterocycles. The average molecular weight is 338 g/mol. The van der Waals surface area contributed by atoms with Crippen LogP contribution in [-0.2, 0) is 11.0 Å². The van der Waals surface area contributed by atoms with E-state index in [4.69, 9.17) is 0 Å². The summed E-state index contributed by atoms with van der Waals surface area (Å²) in [5, 5.41) is 18.9. The molecule has 2 aliphatic heterocycles. The molecule has 23 heavy (non-hydrogen) atoms. The number of likely N-dealkylation sites (tertiary alicyclic amines) is 1. The summed E-state index contributed by atoms with van der Waals surface area (Å²) >= 11 is 0. The lowest BCUT2D eigenvalue weighted by Gasteiger charge is -2.40. The standard InChI is InChI=1S/C17H26N2O3S/c1-13-4-8-18(9-5-13)14-6-10-19(11-7-14)23(22)15-2-3-16(20)17(21)12-15/h2-3,12-14,20-21H,4-11H2,1H3. The highest BCUT2D eigenvalue weighted by Crippen LogP contribution is 2.29. The van der Waals surface area contributed by atoms with Gasteiger partial charge in [0.2, 0.25) is 0 Å². The zero-order valence-corrected chi connectivity index (χ0v) is 14.5. The molecule has 128 valence electrons. The molecule has 0 aliphatic carbocycles. The molecule has 2 fully saturated rings. The van der Waals surface area contributed by atoms with Crippen molar-refractivity contribution in [2.45, 2.75) is 43.5 Å². The van der Waals surface area contributed by atoms with Gasteiger partial charge >= 0.3 is 0 Å². The normalized spacial score (nSPS) is 23.9. The van der Waals surface area contributed by atoms with E-state index in [2.05, 4.69) is 11.8 Å². The molecule has 2 aliphatic rings. The summed E-state index contributed by atoms with van der Waals surface area (Å²) in [6, 6.07) is 5.01. The molecule has 3 rings (SSSR count). The van der Waals surface area contributed by atoms with Gasteiger partial charge in [0.25, 0.3) is 0 Å². The quantitative estimate of drug-likeness (QED) is 0.830. The Balaban J connectivity index is 1.56. The second kappa shape index (κ2) is 7.20. The Hall–Kier alpha value is -1.11. The Labute approximate surface area is 140 Å². The molecule has 1 unspecified atom stereocenters. The predicted octanol–water partition coefficient (Wildman–Crippen LogP) is 2.32. The Morgan fingerprint density at radius 2 is 1.65 bits per heavy atom. The SMILES string of the molecule is CC1CCN(C2CCN(S(=O)c3ccc(O)c(O)c3)CC2)CC1. The first-order valence-electron chi connectivity index (χ1n) is 8.47. The third-order valence-electron chi connectivity index (χ3n) is 5.14. The molecule has 5 nitrogen and oxygen atoms in total. The number of piperidine rings is 2. The monoisotopic (exact) mass is 338 g/mol. The van der Waals surface area contributed by atoms with Crippen LogP contribution < -0.4 is 0 Å². The van der Waals surface area contributed by atoms with E-state index < -0.39 is 11.0 Å². The van der Waals surface area contributed by atoms with Crippen molar-refractivity contribution >= 4 is 11.0 Å². The number of nitrogens with zero attached hydrogens (tertiary/aromatic N) is 2. The van der Waals surface area contributed by atoms with Crippen molar-refractivity contribution in [1.29, 1.82) is 0 Å². The molecule has 1 aromatic carbocycles. The minimum Gasteiger partial charge on any atom is -0.504 e. The Kier molecular flexibility index (Phi) is 5.24. The Bertz CT molecular complexity index is 565. The molecule has 0 amide bonds. The molecule has 2 N–H and O–H groups in total. The Morgan fingerprint density at radius 1 is 1.00 bits per heavy atom. The third-order valence-corrected chi connectivity index (χ3v) is 6.63. The van der Waals surface area contributed by atoms with Crippen molar-refractivity contribution < 1.29 is 14.4 Å². The van der Waals surface area contributed by atoms with Gasteiger partial charge in [0.1, 0.15) is 11.0 Å². The van der Waals surface area contributed by atoms with Crippen LogP contribution in [0.1, 0.15) is 32.6 Å². The van der Waals surface area contributed by atoms with Gasteiger partial charge in [-0.25, -0.2) is 8.51 Å². The summed E-state index contributed by atoms with van der Waals surface area (Å²) in [5.74, 6) is 0.456. The fourth-order valence-electron chi connectivity index (χ4n) is 3.53. The molecular weight excluding hydrogens is 312 g/mol. The van der Waals surface area contributed by atoms with Crippen molar-refractivity contribution in [1.82, 2.24) is 9.21 Å². The van der Waals surface area contributed by atoms with E-state index in [0.29, 0.717) is 10.9 Å². The van der Waals surface area contributed by atoms with Crippen LogP contribution >= 0.6 is 0 Å². The first kappa shape index (κ1) is 16.7. The summed E-state index contributed by atoms with van der Waals surface area (Å²) < 4.78 is 14.6. The van der Waals surface area contributed by atoms with Crippen LogP contribution in [0.25, 0.3) is 0 Å². The largest absolute Gasteiger partial charge is 0.504 e. The lowest BCUT2D eigenvalue weighted by Crippen LogP contribution is -2.47. The number of phenolic OH excluding ortho intramolecular Hbond substituents is 2. The topological polar surface area (TPSA) is 64.0 Å². The summed E-state index contributed by atoms with van der Waals surface area (Å²) in [4.78, 5) is 3.15. The van der Waals surface area contributed by atoms with Crippen molar-refractivity contribution in [3.8, 4) is 11.5 Å². The summed E-state index contributed by atoms with van der Waals surface area (Å²) in [6.45, 7) is 6.34. The maximum Gasteiger partial charge on any atom is 0.158 e. The molecule has 2 saturated heterocycles. The van der Waals surface area contributed by atoms with Crippen LogP contribution in [0.15, 0.2) is 23.1 Å². The van der Waals surface area contributed by atoms with Gasteiger partial charge < -0.3 is 15.1 Å². The molecule has 1 aromatic rings. The second-order valence-electron chi connectivity index (χ2n) is 6.78. The fraction of sp³-hybridized carbons (Fsp3) is 0.647. The van der Waals surface area contributed by atoms with Crippen LogP contribution in [0.5, 0.6) is 11.5 Å². The van der Waals surface area contributed by atoms with E-state index in [0.717, 1.165) is 31.8 Å². The highest BCUT2D eigenvalue weighted by molar-refractivity contribution is 7.82. The highest BCUT2D eigenvalue weighted by Gasteiger charge is 2.29. The van der Waals surface area contributed by atoms with Gasteiger partial charge in [-0.2, -0.15) is 0 Å². The van der Waals surface area contributed by atoms with E-state index in [1.54, 1.807) is 6.07 Å². The van der Waals surface area contributed by atoms with Crippen LogP contribution in [0.3, 0.4) is 0 Å². The maximum absolute atomic E-state index is 12.6. The zero-order chi connectivity index (χ0) is 16.4. The van der Waals surface area contributed by atoms with Gasteiger partial charge in [0.05, 0.1) is 4.90 Å². The number of aromatic hydroxyl groups is 2. The Morgan fingerprint density at radius 3 is 2.26 bits per heavy atom. The fourth-order valence-corrected chi connectivity index (χ4v) is 4.77. The predicted molar refractivity (Wildman–Crippen MR) is 90.7 cm³/mol. The molecule has 0 saturated carbocycles. The summed E-state index contributed by atoms with van der Waals surface area (Å²) in [7, 11) is -1.27. The zero-order valence-electron chi connectivity index (χ0n) is 13.6. The lowest BCUT2D eigenvalue weighted by atomic mass is 9.95. The van der Waals surface area contributed by atoms with Crippen molar-refractivity contribution in [2.75, 3.05) is 26.2 Å². The van der Waals surface area contributed by atoms with Crippen LogP contribution in [0.4, 0.5) is 0 Å². The minimum absolute atomic E-state index is 0.177. The van der Waals surface area contributed by atoms with E-state index >= 15 is 0 Å². The van der Waals surface area contributed by atoms with E-state index in [9.17, 15) is 14.4 Å². The highest BCUT2D eigenvalue weighted by atomic mass is 32.2. The van der Waals surface area contributed by atoms with Gasteiger partial charge in [-0.15, -0.1) is 0 Å².